The van der Waals surface area contributed by atoms with Crippen LogP contribution in [0, 0.1) is 5.82 Å². The van der Waals surface area contributed by atoms with Gasteiger partial charge >= 0.3 is 0 Å². The summed E-state index contributed by atoms with van der Waals surface area (Å²) in [5.41, 5.74) is 0.105. The molecule has 0 fully saturated rings. The molecule has 0 aliphatic carbocycles. The molecule has 1 rings (SSSR count). The minimum atomic E-state index is -0.522. The zero-order valence-corrected chi connectivity index (χ0v) is 8.34. The van der Waals surface area contributed by atoms with Gasteiger partial charge in [-0.1, -0.05) is 6.92 Å². The van der Waals surface area contributed by atoms with E-state index in [0.717, 1.165) is 6.42 Å². The Balaban J connectivity index is 2.83. The number of benzene rings is 1. The van der Waals surface area contributed by atoms with Crippen molar-refractivity contribution >= 4 is 5.78 Å². The second kappa shape index (κ2) is 4.74. The van der Waals surface area contributed by atoms with Gasteiger partial charge in [-0.2, -0.15) is 0 Å². The second-order valence-electron chi connectivity index (χ2n) is 3.05. The molecule has 0 spiro atoms. The van der Waals surface area contributed by atoms with Gasteiger partial charge in [-0.25, -0.2) is 4.39 Å². The number of hydrogen-bond acceptors (Lipinski definition) is 2. The summed E-state index contributed by atoms with van der Waals surface area (Å²) in [6, 6.07) is 4.30. The molecule has 0 N–H and O–H groups in total. The number of hydrogen-bond donors (Lipinski definition) is 0. The number of rotatable bonds is 4. The van der Waals surface area contributed by atoms with Gasteiger partial charge in [0.1, 0.15) is 11.6 Å². The molecule has 2 nitrogen and oxygen atoms in total. The summed E-state index contributed by atoms with van der Waals surface area (Å²) >= 11 is 0. The summed E-state index contributed by atoms with van der Waals surface area (Å²) in [6.45, 7) is 3.87. The quantitative estimate of drug-likeness (QED) is 0.692. The van der Waals surface area contributed by atoms with E-state index >= 15 is 0 Å². The van der Waals surface area contributed by atoms with E-state index in [4.69, 9.17) is 4.74 Å². The normalized spacial score (nSPS) is 9.93. The maximum atomic E-state index is 13.2. The number of ketones is 1. The van der Waals surface area contributed by atoms with Crippen molar-refractivity contribution < 1.29 is 13.9 Å². The fourth-order valence-electron chi connectivity index (χ4n) is 1.09. The van der Waals surface area contributed by atoms with Gasteiger partial charge in [0, 0.05) is 6.07 Å². The molecule has 0 bridgehead atoms. The lowest BCUT2D eigenvalue weighted by molar-refractivity contribution is 0.101. The van der Waals surface area contributed by atoms with Crippen molar-refractivity contribution in [2.75, 3.05) is 6.61 Å². The van der Waals surface area contributed by atoms with Crippen LogP contribution in [0.5, 0.6) is 5.75 Å². The molecule has 0 radical (unpaired) electrons. The highest BCUT2D eigenvalue weighted by molar-refractivity contribution is 5.94. The monoisotopic (exact) mass is 196 g/mol. The van der Waals surface area contributed by atoms with Gasteiger partial charge in [0.2, 0.25) is 0 Å². The van der Waals surface area contributed by atoms with E-state index in [1.165, 1.54) is 19.1 Å². The predicted octanol–water partition coefficient (Wildman–Crippen LogP) is 2.82. The lowest BCUT2D eigenvalue weighted by Gasteiger charge is -2.05. The Bertz CT molecular complexity index is 334. The van der Waals surface area contributed by atoms with Crippen molar-refractivity contribution in [3.8, 4) is 5.75 Å². The molecular formula is C11H13FO2. The van der Waals surface area contributed by atoms with Gasteiger partial charge in [0.05, 0.1) is 12.2 Å². The third-order valence-corrected chi connectivity index (χ3v) is 1.79. The number of carbonyl (C=O) groups excluding carboxylic acids is 1. The molecule has 14 heavy (non-hydrogen) atoms. The molecule has 0 aliphatic heterocycles. The number of halogens is 1. The standard InChI is InChI=1S/C11H13FO2/c1-3-6-14-9-4-5-10(8(2)13)11(12)7-9/h4-5,7H,3,6H2,1-2H3. The largest absolute Gasteiger partial charge is 0.494 e. The number of carbonyl (C=O) groups is 1. The zero-order chi connectivity index (χ0) is 10.6. The van der Waals surface area contributed by atoms with Crippen LogP contribution in [0.4, 0.5) is 4.39 Å². The lowest BCUT2D eigenvalue weighted by atomic mass is 10.1. The Labute approximate surface area is 82.7 Å². The molecule has 0 heterocycles. The first-order chi connectivity index (χ1) is 6.65. The Morgan fingerprint density at radius 3 is 2.71 bits per heavy atom. The highest BCUT2D eigenvalue weighted by atomic mass is 19.1. The summed E-state index contributed by atoms with van der Waals surface area (Å²) < 4.78 is 18.4. The van der Waals surface area contributed by atoms with Crippen LogP contribution in [0.1, 0.15) is 30.6 Å². The second-order valence-corrected chi connectivity index (χ2v) is 3.05. The van der Waals surface area contributed by atoms with E-state index < -0.39 is 5.82 Å². The zero-order valence-electron chi connectivity index (χ0n) is 8.34. The van der Waals surface area contributed by atoms with Gasteiger partial charge in [0.15, 0.2) is 5.78 Å². The van der Waals surface area contributed by atoms with Crippen LogP contribution in [0.15, 0.2) is 18.2 Å². The van der Waals surface area contributed by atoms with Crippen LogP contribution < -0.4 is 4.74 Å². The van der Waals surface area contributed by atoms with E-state index in [0.29, 0.717) is 12.4 Å². The van der Waals surface area contributed by atoms with Gasteiger partial charge in [-0.05, 0) is 25.5 Å². The predicted molar refractivity (Wildman–Crippen MR) is 52.2 cm³/mol. The van der Waals surface area contributed by atoms with Crippen LogP contribution >= 0.6 is 0 Å². The van der Waals surface area contributed by atoms with E-state index in [9.17, 15) is 9.18 Å². The summed E-state index contributed by atoms with van der Waals surface area (Å²) in [4.78, 5) is 10.9. The van der Waals surface area contributed by atoms with Crippen LogP contribution in [0.25, 0.3) is 0 Å². The summed E-state index contributed by atoms with van der Waals surface area (Å²) in [7, 11) is 0. The van der Waals surface area contributed by atoms with E-state index in [-0.39, 0.29) is 11.3 Å². The summed E-state index contributed by atoms with van der Waals surface area (Å²) in [6.07, 6.45) is 0.871. The van der Waals surface area contributed by atoms with Gasteiger partial charge in [0.25, 0.3) is 0 Å². The molecule has 0 aliphatic rings. The summed E-state index contributed by atoms with van der Waals surface area (Å²) in [5.74, 6) is -0.329. The highest BCUT2D eigenvalue weighted by Gasteiger charge is 2.07. The maximum Gasteiger partial charge on any atom is 0.162 e. The van der Waals surface area contributed by atoms with Crippen molar-refractivity contribution in [3.05, 3.63) is 29.6 Å². The maximum absolute atomic E-state index is 13.2. The van der Waals surface area contributed by atoms with Crippen molar-refractivity contribution in [1.29, 1.82) is 0 Å². The molecule has 0 saturated heterocycles. The van der Waals surface area contributed by atoms with Crippen molar-refractivity contribution in [1.82, 2.24) is 0 Å². The molecule has 0 saturated carbocycles. The SMILES string of the molecule is CCCOc1ccc(C(C)=O)c(F)c1. The van der Waals surface area contributed by atoms with E-state index in [1.807, 2.05) is 6.92 Å². The highest BCUT2D eigenvalue weighted by Crippen LogP contribution is 2.17. The molecule has 3 heteroatoms. The third kappa shape index (κ3) is 2.55. The minimum Gasteiger partial charge on any atom is -0.494 e. The van der Waals surface area contributed by atoms with Crippen molar-refractivity contribution in [3.63, 3.8) is 0 Å². The minimum absolute atomic E-state index is 0.105. The topological polar surface area (TPSA) is 26.3 Å². The Morgan fingerprint density at radius 2 is 2.21 bits per heavy atom. The Hall–Kier alpha value is -1.38. The molecular weight excluding hydrogens is 183 g/mol. The average molecular weight is 196 g/mol. The first-order valence-electron chi connectivity index (χ1n) is 4.58. The molecule has 0 aromatic heterocycles. The van der Waals surface area contributed by atoms with Crippen LogP contribution in [-0.2, 0) is 0 Å². The van der Waals surface area contributed by atoms with Crippen molar-refractivity contribution in [2.24, 2.45) is 0 Å². The smallest absolute Gasteiger partial charge is 0.162 e. The van der Waals surface area contributed by atoms with Crippen LogP contribution in [0.2, 0.25) is 0 Å². The number of Topliss-reactive ketones (excluding diaryl/α,β-unsaturated/α-hetero) is 1. The van der Waals surface area contributed by atoms with Crippen molar-refractivity contribution in [2.45, 2.75) is 20.3 Å². The van der Waals surface area contributed by atoms with Gasteiger partial charge in [-0.3, -0.25) is 4.79 Å². The fourth-order valence-corrected chi connectivity index (χ4v) is 1.09. The lowest BCUT2D eigenvalue weighted by Crippen LogP contribution is -1.99. The Kier molecular flexibility index (Phi) is 3.63. The molecule has 1 aromatic carbocycles. The van der Waals surface area contributed by atoms with Gasteiger partial charge in [-0.15, -0.1) is 0 Å². The first-order valence-corrected chi connectivity index (χ1v) is 4.58. The Morgan fingerprint density at radius 1 is 1.50 bits per heavy atom. The van der Waals surface area contributed by atoms with Gasteiger partial charge < -0.3 is 4.74 Å². The fraction of sp³-hybridized carbons (Fsp3) is 0.364. The van der Waals surface area contributed by atoms with Crippen LogP contribution in [-0.4, -0.2) is 12.4 Å². The third-order valence-electron chi connectivity index (χ3n) is 1.79. The van der Waals surface area contributed by atoms with Crippen LogP contribution in [0.3, 0.4) is 0 Å². The average Bonchev–Trinajstić information content (AvgIpc) is 2.14. The molecule has 76 valence electrons. The molecule has 0 unspecified atom stereocenters. The summed E-state index contributed by atoms with van der Waals surface area (Å²) in [5, 5.41) is 0. The molecule has 0 atom stereocenters. The molecule has 0 amide bonds. The number of ether oxygens (including phenoxy) is 1. The molecule has 1 aromatic rings. The first kappa shape index (κ1) is 10.7. The van der Waals surface area contributed by atoms with E-state index in [2.05, 4.69) is 0 Å². The van der Waals surface area contributed by atoms with E-state index in [1.54, 1.807) is 6.07 Å².